The summed E-state index contributed by atoms with van der Waals surface area (Å²) < 4.78 is 0.854. The molecule has 10 heavy (non-hydrogen) atoms. The van der Waals surface area contributed by atoms with E-state index in [1.165, 1.54) is 6.42 Å². The number of halogens is 1. The lowest BCUT2D eigenvalue weighted by molar-refractivity contribution is 0.938. The number of aromatic nitrogens is 2. The van der Waals surface area contributed by atoms with Crippen LogP contribution >= 0.6 is 22.6 Å². The number of aromatic amines is 1. The molecule has 1 unspecified atom stereocenters. The highest BCUT2D eigenvalue weighted by atomic mass is 127. The number of hydrogen-bond acceptors (Lipinski definition) is 1. The molecule has 1 atom stereocenters. The summed E-state index contributed by atoms with van der Waals surface area (Å²) in [5.41, 5.74) is 0. The fourth-order valence-corrected chi connectivity index (χ4v) is 0.215. The maximum atomic E-state index is 3.67. The van der Waals surface area contributed by atoms with E-state index in [2.05, 4.69) is 46.4 Å². The molecule has 1 heterocycles. The van der Waals surface area contributed by atoms with Crippen molar-refractivity contribution in [3.63, 3.8) is 0 Å². The summed E-state index contributed by atoms with van der Waals surface area (Å²) in [6, 6.07) is 0. The molecule has 0 amide bonds. The van der Waals surface area contributed by atoms with Crippen molar-refractivity contribution in [1.29, 1.82) is 0 Å². The lowest BCUT2D eigenvalue weighted by atomic mass is 10.4. The maximum Gasteiger partial charge on any atom is 0.0919 e. The van der Waals surface area contributed by atoms with Gasteiger partial charge in [-0.2, -0.15) is 0 Å². The van der Waals surface area contributed by atoms with Crippen LogP contribution in [0, 0.1) is 0 Å². The summed E-state index contributed by atoms with van der Waals surface area (Å²) >= 11 is 2.41. The Morgan fingerprint density at radius 3 is 2.40 bits per heavy atom. The predicted molar refractivity (Wildman–Crippen MR) is 52.4 cm³/mol. The zero-order valence-electron chi connectivity index (χ0n) is 6.34. The van der Waals surface area contributed by atoms with E-state index in [0.29, 0.717) is 0 Å². The van der Waals surface area contributed by atoms with Gasteiger partial charge in [-0.3, -0.25) is 0 Å². The molecule has 0 saturated carbocycles. The van der Waals surface area contributed by atoms with Gasteiger partial charge in [0, 0.05) is 16.3 Å². The van der Waals surface area contributed by atoms with Crippen molar-refractivity contribution in [2.45, 2.75) is 24.2 Å². The maximum absolute atomic E-state index is 3.67. The minimum Gasteiger partial charge on any atom is -0.351 e. The zero-order chi connectivity index (χ0) is 7.82. The van der Waals surface area contributed by atoms with E-state index in [1.807, 2.05) is 0 Å². The Bertz CT molecular complexity index is 109. The van der Waals surface area contributed by atoms with E-state index in [1.54, 1.807) is 18.7 Å². The second-order valence-corrected chi connectivity index (χ2v) is 4.08. The Kier molecular flexibility index (Phi) is 7.01. The summed E-state index contributed by atoms with van der Waals surface area (Å²) in [5.74, 6) is 0. The highest BCUT2D eigenvalue weighted by Gasteiger charge is 1.82. The highest BCUT2D eigenvalue weighted by Crippen LogP contribution is 2.00. The molecule has 0 aromatic carbocycles. The Morgan fingerprint density at radius 2 is 2.30 bits per heavy atom. The molecule has 1 aromatic heterocycles. The quantitative estimate of drug-likeness (QED) is 0.604. The van der Waals surface area contributed by atoms with Gasteiger partial charge >= 0.3 is 0 Å². The molecule has 0 aliphatic carbocycles. The smallest absolute Gasteiger partial charge is 0.0919 e. The molecule has 0 fully saturated rings. The normalized spacial score (nSPS) is 11.5. The van der Waals surface area contributed by atoms with E-state index < -0.39 is 0 Å². The van der Waals surface area contributed by atoms with Crippen molar-refractivity contribution >= 4 is 22.6 Å². The van der Waals surface area contributed by atoms with Gasteiger partial charge in [-0.1, -0.05) is 36.4 Å². The molecular weight excluding hydrogens is 239 g/mol. The molecule has 0 aliphatic heterocycles. The first kappa shape index (κ1) is 9.94. The highest BCUT2D eigenvalue weighted by molar-refractivity contribution is 14.1. The third-order valence-electron chi connectivity index (χ3n) is 0.968. The molecule has 1 N–H and O–H groups in total. The molecular formula is C7H13IN2. The third-order valence-corrected chi connectivity index (χ3v) is 1.85. The van der Waals surface area contributed by atoms with Gasteiger partial charge in [0.25, 0.3) is 0 Å². The number of H-pyrrole nitrogens is 1. The minimum atomic E-state index is 0.854. The van der Waals surface area contributed by atoms with Gasteiger partial charge in [0.05, 0.1) is 6.33 Å². The van der Waals surface area contributed by atoms with Crippen LogP contribution in [0.2, 0.25) is 0 Å². The van der Waals surface area contributed by atoms with E-state index >= 15 is 0 Å². The Hall–Kier alpha value is -0.0600. The molecule has 3 heteroatoms. The van der Waals surface area contributed by atoms with Crippen LogP contribution in [0.4, 0.5) is 0 Å². The van der Waals surface area contributed by atoms with Crippen molar-refractivity contribution in [3.8, 4) is 0 Å². The number of rotatable bonds is 1. The van der Waals surface area contributed by atoms with E-state index in [9.17, 15) is 0 Å². The number of nitrogens with zero attached hydrogens (tertiary/aromatic N) is 1. The zero-order valence-corrected chi connectivity index (χ0v) is 8.50. The fourth-order valence-electron chi connectivity index (χ4n) is 0.215. The van der Waals surface area contributed by atoms with Crippen LogP contribution in [0.25, 0.3) is 0 Å². The number of alkyl halides is 1. The van der Waals surface area contributed by atoms with E-state index in [0.717, 1.165) is 3.92 Å². The summed E-state index contributed by atoms with van der Waals surface area (Å²) in [6.45, 7) is 4.40. The average molecular weight is 252 g/mol. The molecule has 2 nitrogen and oxygen atoms in total. The molecule has 0 saturated heterocycles. The van der Waals surface area contributed by atoms with Crippen LogP contribution in [0.1, 0.15) is 20.3 Å². The summed E-state index contributed by atoms with van der Waals surface area (Å²) in [7, 11) is 0. The first-order valence-corrected chi connectivity index (χ1v) is 4.58. The van der Waals surface area contributed by atoms with Crippen LogP contribution in [-0.4, -0.2) is 13.9 Å². The van der Waals surface area contributed by atoms with E-state index in [4.69, 9.17) is 0 Å². The van der Waals surface area contributed by atoms with Crippen LogP contribution in [0.15, 0.2) is 18.7 Å². The Balaban J connectivity index is 0.000000162. The molecule has 0 aliphatic rings. The number of nitrogens with one attached hydrogen (secondary N) is 1. The monoisotopic (exact) mass is 252 g/mol. The van der Waals surface area contributed by atoms with Gasteiger partial charge < -0.3 is 4.98 Å². The standard InChI is InChI=1S/C4H9I.C3H4N2/c1-3-4(2)5;1-2-5-3-4-1/h4H,3H2,1-2H3;1-3H,(H,4,5). The van der Waals surface area contributed by atoms with Crippen LogP contribution in [0.3, 0.4) is 0 Å². The predicted octanol–water partition coefficient (Wildman–Crippen LogP) is 2.63. The second-order valence-electron chi connectivity index (χ2n) is 1.95. The van der Waals surface area contributed by atoms with Gasteiger partial charge in [-0.05, 0) is 6.42 Å². The molecule has 0 radical (unpaired) electrons. The fraction of sp³-hybridized carbons (Fsp3) is 0.571. The Labute approximate surface area is 75.6 Å². The largest absolute Gasteiger partial charge is 0.351 e. The second kappa shape index (κ2) is 7.05. The van der Waals surface area contributed by atoms with E-state index in [-0.39, 0.29) is 0 Å². The van der Waals surface area contributed by atoms with Gasteiger partial charge in [-0.15, -0.1) is 0 Å². The van der Waals surface area contributed by atoms with Crippen molar-refractivity contribution in [3.05, 3.63) is 18.7 Å². The third kappa shape index (κ3) is 7.94. The van der Waals surface area contributed by atoms with Gasteiger partial charge in [0.15, 0.2) is 0 Å². The summed E-state index contributed by atoms with van der Waals surface area (Å²) in [6.07, 6.45) is 6.38. The van der Waals surface area contributed by atoms with Crippen molar-refractivity contribution in [2.75, 3.05) is 0 Å². The van der Waals surface area contributed by atoms with Crippen LogP contribution in [0.5, 0.6) is 0 Å². The summed E-state index contributed by atoms with van der Waals surface area (Å²) in [5, 5.41) is 0. The summed E-state index contributed by atoms with van der Waals surface area (Å²) in [4.78, 5) is 6.42. The number of hydrogen-bond donors (Lipinski definition) is 1. The SMILES string of the molecule is CCC(C)I.c1c[nH]cn1. The van der Waals surface area contributed by atoms with Gasteiger partial charge in [0.1, 0.15) is 0 Å². The van der Waals surface area contributed by atoms with Crippen molar-refractivity contribution in [2.24, 2.45) is 0 Å². The molecule has 1 aromatic rings. The molecule has 0 bridgehead atoms. The lowest BCUT2D eigenvalue weighted by Gasteiger charge is -1.88. The Morgan fingerprint density at radius 1 is 1.70 bits per heavy atom. The van der Waals surface area contributed by atoms with Crippen molar-refractivity contribution in [1.82, 2.24) is 9.97 Å². The molecule has 1 rings (SSSR count). The molecule has 0 spiro atoms. The first-order valence-electron chi connectivity index (χ1n) is 3.34. The van der Waals surface area contributed by atoms with Crippen LogP contribution in [-0.2, 0) is 0 Å². The van der Waals surface area contributed by atoms with Gasteiger partial charge in [-0.25, -0.2) is 4.98 Å². The number of imidazole rings is 1. The topological polar surface area (TPSA) is 28.7 Å². The first-order chi connectivity index (χ1) is 4.77. The van der Waals surface area contributed by atoms with Crippen molar-refractivity contribution < 1.29 is 0 Å². The van der Waals surface area contributed by atoms with Crippen LogP contribution < -0.4 is 0 Å². The van der Waals surface area contributed by atoms with Gasteiger partial charge in [0.2, 0.25) is 0 Å². The average Bonchev–Trinajstić information content (AvgIpc) is 2.43. The molecule has 58 valence electrons. The lowest BCUT2D eigenvalue weighted by Crippen LogP contribution is -1.79. The minimum absolute atomic E-state index is 0.854.